The van der Waals surface area contributed by atoms with E-state index in [1.54, 1.807) is 24.3 Å². The van der Waals surface area contributed by atoms with Crippen molar-refractivity contribution in [2.24, 2.45) is 0 Å². The lowest BCUT2D eigenvalue weighted by molar-refractivity contribution is -0.143. The number of carbonyl (C=O) groups excluding carboxylic acids is 1. The van der Waals surface area contributed by atoms with E-state index >= 15 is 0 Å². The van der Waals surface area contributed by atoms with Gasteiger partial charge in [-0.15, -0.1) is 0 Å². The van der Waals surface area contributed by atoms with Crippen molar-refractivity contribution in [2.45, 2.75) is 31.5 Å². The summed E-state index contributed by atoms with van der Waals surface area (Å²) in [5.41, 5.74) is -0.197. The molecule has 7 heteroatoms. The second-order valence-electron chi connectivity index (χ2n) is 5.66. The van der Waals surface area contributed by atoms with Crippen molar-refractivity contribution >= 4 is 16.7 Å². The number of pyridine rings is 1. The Balaban J connectivity index is 1.92. The monoisotopic (exact) mass is 324 g/mol. The molecule has 1 aliphatic heterocycles. The van der Waals surface area contributed by atoms with Gasteiger partial charge in [0, 0.05) is 29.6 Å². The third kappa shape index (κ3) is 3.09. The molecule has 1 unspecified atom stereocenters. The molecule has 3 rings (SSSR count). The van der Waals surface area contributed by atoms with Gasteiger partial charge in [0.05, 0.1) is 6.42 Å². The summed E-state index contributed by atoms with van der Waals surface area (Å²) in [5, 5.41) is 11.4. The standard InChI is InChI=1S/C16H15F3N2O2/c17-16(18,19)8-11-5-3-7-21(11)15(23)13-14(22)12-6-2-1-4-10(12)9-20-13/h1-2,4,6,9,11,22H,3,5,7-8H2. The Hall–Kier alpha value is -2.31. The highest BCUT2D eigenvalue weighted by Gasteiger charge is 2.39. The SMILES string of the molecule is O=C(c1ncc2ccccc2c1O)N1CCCC1CC(F)(F)F. The Morgan fingerprint density at radius 3 is 2.83 bits per heavy atom. The van der Waals surface area contributed by atoms with E-state index in [9.17, 15) is 23.1 Å². The fourth-order valence-corrected chi connectivity index (χ4v) is 3.02. The third-order valence-electron chi connectivity index (χ3n) is 4.08. The summed E-state index contributed by atoms with van der Waals surface area (Å²) in [4.78, 5) is 17.7. The topological polar surface area (TPSA) is 53.4 Å². The molecule has 0 spiro atoms. The van der Waals surface area contributed by atoms with Crippen LogP contribution >= 0.6 is 0 Å². The molecule has 1 fully saturated rings. The zero-order valence-electron chi connectivity index (χ0n) is 12.2. The van der Waals surface area contributed by atoms with Crippen molar-refractivity contribution in [2.75, 3.05) is 6.54 Å². The van der Waals surface area contributed by atoms with Crippen molar-refractivity contribution in [3.63, 3.8) is 0 Å². The number of hydrogen-bond acceptors (Lipinski definition) is 3. The largest absolute Gasteiger partial charge is 0.505 e. The van der Waals surface area contributed by atoms with Crippen LogP contribution in [0.3, 0.4) is 0 Å². The maximum atomic E-state index is 12.6. The quantitative estimate of drug-likeness (QED) is 0.920. The van der Waals surface area contributed by atoms with Crippen LogP contribution in [0.1, 0.15) is 29.8 Å². The number of rotatable bonds is 2. The zero-order chi connectivity index (χ0) is 16.6. The van der Waals surface area contributed by atoms with E-state index in [1.165, 1.54) is 11.1 Å². The van der Waals surface area contributed by atoms with Gasteiger partial charge < -0.3 is 10.0 Å². The molecule has 0 bridgehead atoms. The zero-order valence-corrected chi connectivity index (χ0v) is 12.2. The van der Waals surface area contributed by atoms with Crippen LogP contribution in [0.2, 0.25) is 0 Å². The van der Waals surface area contributed by atoms with Gasteiger partial charge in [-0.05, 0) is 12.8 Å². The van der Waals surface area contributed by atoms with Crippen molar-refractivity contribution in [3.05, 3.63) is 36.2 Å². The Kier molecular flexibility index (Phi) is 3.87. The lowest BCUT2D eigenvalue weighted by Gasteiger charge is -2.25. The maximum Gasteiger partial charge on any atom is 0.391 e. The van der Waals surface area contributed by atoms with Gasteiger partial charge in [-0.1, -0.05) is 24.3 Å². The molecule has 2 aromatic rings. The van der Waals surface area contributed by atoms with Gasteiger partial charge in [-0.25, -0.2) is 4.98 Å². The first-order valence-corrected chi connectivity index (χ1v) is 7.31. The van der Waals surface area contributed by atoms with E-state index in [0.717, 1.165) is 0 Å². The van der Waals surface area contributed by atoms with Crippen LogP contribution in [0.15, 0.2) is 30.5 Å². The number of aromatic nitrogens is 1. The maximum absolute atomic E-state index is 12.6. The van der Waals surface area contributed by atoms with E-state index < -0.39 is 24.5 Å². The first-order chi connectivity index (χ1) is 10.9. The first-order valence-electron chi connectivity index (χ1n) is 7.31. The Labute approximate surface area is 130 Å². The molecule has 2 heterocycles. The fourth-order valence-electron chi connectivity index (χ4n) is 3.02. The molecule has 0 saturated carbocycles. The number of fused-ring (bicyclic) bond motifs is 1. The molecule has 1 aromatic carbocycles. The highest BCUT2D eigenvalue weighted by Crippen LogP contribution is 2.33. The van der Waals surface area contributed by atoms with Crippen LogP contribution in [-0.2, 0) is 0 Å². The minimum absolute atomic E-state index is 0.197. The lowest BCUT2D eigenvalue weighted by Crippen LogP contribution is -2.38. The fraction of sp³-hybridized carbons (Fsp3) is 0.375. The van der Waals surface area contributed by atoms with Gasteiger partial charge in [-0.2, -0.15) is 13.2 Å². The molecule has 0 aliphatic carbocycles. The highest BCUT2D eigenvalue weighted by atomic mass is 19.4. The average Bonchev–Trinajstić information content (AvgIpc) is 2.93. The van der Waals surface area contributed by atoms with Gasteiger partial charge in [-0.3, -0.25) is 4.79 Å². The minimum Gasteiger partial charge on any atom is -0.505 e. The predicted molar refractivity (Wildman–Crippen MR) is 78.1 cm³/mol. The Morgan fingerprint density at radius 1 is 1.35 bits per heavy atom. The highest BCUT2D eigenvalue weighted by molar-refractivity contribution is 6.01. The summed E-state index contributed by atoms with van der Waals surface area (Å²) in [5.74, 6) is -0.939. The molecule has 23 heavy (non-hydrogen) atoms. The number of alkyl halides is 3. The second kappa shape index (κ2) is 5.72. The van der Waals surface area contributed by atoms with Gasteiger partial charge in [0.1, 0.15) is 0 Å². The lowest BCUT2D eigenvalue weighted by atomic mass is 10.1. The number of halogens is 3. The number of hydrogen-bond donors (Lipinski definition) is 1. The molecule has 1 saturated heterocycles. The van der Waals surface area contributed by atoms with Crippen molar-refractivity contribution < 1.29 is 23.1 Å². The molecule has 1 atom stereocenters. The van der Waals surface area contributed by atoms with Crippen LogP contribution in [0.5, 0.6) is 5.75 Å². The molecule has 122 valence electrons. The number of benzene rings is 1. The molecule has 1 aliphatic rings. The Morgan fingerprint density at radius 2 is 2.09 bits per heavy atom. The summed E-state index contributed by atoms with van der Waals surface area (Å²) in [6, 6.07) is 5.96. The Bertz CT molecular complexity index is 746. The van der Waals surface area contributed by atoms with E-state index in [1.807, 2.05) is 0 Å². The average molecular weight is 324 g/mol. The minimum atomic E-state index is -4.33. The molecular weight excluding hydrogens is 309 g/mol. The summed E-state index contributed by atoms with van der Waals surface area (Å²) < 4.78 is 37.9. The van der Waals surface area contributed by atoms with Crippen molar-refractivity contribution in [1.29, 1.82) is 0 Å². The summed E-state index contributed by atoms with van der Waals surface area (Å²) in [6.07, 6.45) is -3.10. The van der Waals surface area contributed by atoms with Crippen LogP contribution in [0, 0.1) is 0 Å². The second-order valence-corrected chi connectivity index (χ2v) is 5.66. The molecular formula is C16H15F3N2O2. The van der Waals surface area contributed by atoms with Crippen LogP contribution in [0.4, 0.5) is 13.2 Å². The first kappa shape index (κ1) is 15.6. The van der Waals surface area contributed by atoms with Gasteiger partial charge >= 0.3 is 6.18 Å². The summed E-state index contributed by atoms with van der Waals surface area (Å²) in [7, 11) is 0. The number of likely N-dealkylation sites (tertiary alicyclic amines) is 1. The van der Waals surface area contributed by atoms with Crippen LogP contribution in [-0.4, -0.2) is 39.7 Å². The molecule has 1 amide bonds. The van der Waals surface area contributed by atoms with Gasteiger partial charge in [0.2, 0.25) is 0 Å². The van der Waals surface area contributed by atoms with E-state index in [0.29, 0.717) is 23.6 Å². The molecule has 1 aromatic heterocycles. The number of nitrogens with zero attached hydrogens (tertiary/aromatic N) is 2. The van der Waals surface area contributed by atoms with E-state index in [2.05, 4.69) is 4.98 Å². The number of amides is 1. The van der Waals surface area contributed by atoms with Crippen molar-refractivity contribution in [1.82, 2.24) is 9.88 Å². The smallest absolute Gasteiger partial charge is 0.391 e. The molecule has 0 radical (unpaired) electrons. The van der Waals surface area contributed by atoms with Crippen LogP contribution in [0.25, 0.3) is 10.8 Å². The van der Waals surface area contributed by atoms with Crippen LogP contribution < -0.4 is 0 Å². The van der Waals surface area contributed by atoms with Crippen molar-refractivity contribution in [3.8, 4) is 5.75 Å². The number of aromatic hydroxyl groups is 1. The summed E-state index contributed by atoms with van der Waals surface area (Å²) >= 11 is 0. The molecule has 4 nitrogen and oxygen atoms in total. The number of carbonyl (C=O) groups is 1. The van der Waals surface area contributed by atoms with E-state index in [4.69, 9.17) is 0 Å². The molecule has 1 N–H and O–H groups in total. The van der Waals surface area contributed by atoms with Gasteiger partial charge in [0.25, 0.3) is 5.91 Å². The predicted octanol–water partition coefficient (Wildman–Crippen LogP) is 3.50. The normalized spacial score (nSPS) is 18.6. The van der Waals surface area contributed by atoms with E-state index in [-0.39, 0.29) is 18.0 Å². The van der Waals surface area contributed by atoms with Gasteiger partial charge in [0.15, 0.2) is 11.4 Å². The third-order valence-corrected chi connectivity index (χ3v) is 4.08. The summed E-state index contributed by atoms with van der Waals surface area (Å²) in [6.45, 7) is 0.244.